The van der Waals surface area contributed by atoms with Gasteiger partial charge in [0.15, 0.2) is 5.79 Å². The third-order valence-electron chi connectivity index (χ3n) is 6.97. The highest BCUT2D eigenvalue weighted by atomic mass is 79.9. The van der Waals surface area contributed by atoms with E-state index in [1.165, 1.54) is 11.0 Å². The Kier molecular flexibility index (Phi) is 8.69. The lowest BCUT2D eigenvalue weighted by atomic mass is 10.1. The van der Waals surface area contributed by atoms with Crippen LogP contribution in [0.4, 0.5) is 5.69 Å². The highest BCUT2D eigenvalue weighted by Crippen LogP contribution is 2.30. The normalized spacial score (nSPS) is 19.2. The molecule has 0 radical (unpaired) electrons. The molecular formula is C27H33BrClN5O3S. The maximum absolute atomic E-state index is 13.3. The summed E-state index contributed by atoms with van der Waals surface area (Å²) in [5.41, 5.74) is 5.59. The van der Waals surface area contributed by atoms with Crippen LogP contribution >= 0.6 is 39.3 Å². The van der Waals surface area contributed by atoms with Crippen LogP contribution in [0.1, 0.15) is 26.3 Å². The molecule has 0 aliphatic carbocycles. The first-order valence-electron chi connectivity index (χ1n) is 12.9. The Balaban J connectivity index is 1.27. The number of halogens is 2. The number of ether oxygens (including phenoxy) is 2. The van der Waals surface area contributed by atoms with Gasteiger partial charge in [-0.1, -0.05) is 34.5 Å². The zero-order valence-electron chi connectivity index (χ0n) is 21.9. The third-order valence-corrected chi connectivity index (χ3v) is 8.90. The molecule has 2 aromatic carbocycles. The molecule has 0 atom stereocenters. The Labute approximate surface area is 240 Å². The van der Waals surface area contributed by atoms with E-state index in [1.807, 2.05) is 44.2 Å². The van der Waals surface area contributed by atoms with Crippen molar-refractivity contribution in [2.75, 3.05) is 50.6 Å². The van der Waals surface area contributed by atoms with E-state index in [0.717, 1.165) is 59.1 Å². The van der Waals surface area contributed by atoms with Crippen LogP contribution in [-0.2, 0) is 16.0 Å². The molecule has 38 heavy (non-hydrogen) atoms. The van der Waals surface area contributed by atoms with Gasteiger partial charge >= 0.3 is 0 Å². The number of aromatic nitrogens is 2. The van der Waals surface area contributed by atoms with Gasteiger partial charge in [0.1, 0.15) is 6.33 Å². The second kappa shape index (κ2) is 11.8. The molecule has 3 heterocycles. The summed E-state index contributed by atoms with van der Waals surface area (Å²) in [6, 6.07) is 9.83. The van der Waals surface area contributed by atoms with Crippen LogP contribution < -0.4 is 11.0 Å². The molecule has 1 aromatic heterocycles. The molecule has 2 saturated heterocycles. The van der Waals surface area contributed by atoms with Crippen molar-refractivity contribution in [1.29, 1.82) is 0 Å². The number of anilines is 1. The van der Waals surface area contributed by atoms with Crippen LogP contribution in [0.25, 0.3) is 10.9 Å². The lowest BCUT2D eigenvalue weighted by Gasteiger charge is -2.43. The van der Waals surface area contributed by atoms with Crippen LogP contribution in [0.2, 0.25) is 5.02 Å². The zero-order chi connectivity index (χ0) is 26.9. The molecular weight excluding hydrogens is 590 g/mol. The summed E-state index contributed by atoms with van der Waals surface area (Å²) in [5, 5.41) is 1.15. The summed E-state index contributed by atoms with van der Waals surface area (Å²) in [7, 11) is 0. The molecule has 2 aliphatic rings. The Bertz CT molecular complexity index is 1350. The fourth-order valence-electron chi connectivity index (χ4n) is 4.81. The Morgan fingerprint density at radius 1 is 1.16 bits per heavy atom. The van der Waals surface area contributed by atoms with Gasteiger partial charge in [-0.3, -0.25) is 20.0 Å². The van der Waals surface area contributed by atoms with Crippen molar-refractivity contribution in [2.24, 2.45) is 0 Å². The van der Waals surface area contributed by atoms with Crippen LogP contribution in [0.5, 0.6) is 0 Å². The topological polar surface area (TPSA) is 71.9 Å². The number of thioether (sulfide) groups is 1. The van der Waals surface area contributed by atoms with Gasteiger partial charge < -0.3 is 9.47 Å². The highest BCUT2D eigenvalue weighted by molar-refractivity contribution is 9.10. The minimum absolute atomic E-state index is 0.164. The highest BCUT2D eigenvalue weighted by Gasteiger charge is 2.33. The molecule has 0 saturated carbocycles. The lowest BCUT2D eigenvalue weighted by molar-refractivity contribution is -0.264. The summed E-state index contributed by atoms with van der Waals surface area (Å²) in [4.78, 5) is 23.9. The second-order valence-corrected chi connectivity index (χ2v) is 12.7. The van der Waals surface area contributed by atoms with E-state index in [2.05, 4.69) is 43.1 Å². The van der Waals surface area contributed by atoms with Crippen molar-refractivity contribution >= 4 is 55.9 Å². The van der Waals surface area contributed by atoms with Gasteiger partial charge in [-0.25, -0.2) is 9.66 Å². The Morgan fingerprint density at radius 3 is 2.61 bits per heavy atom. The van der Waals surface area contributed by atoms with E-state index in [-0.39, 0.29) is 5.56 Å². The number of fused-ring (bicyclic) bond motifs is 1. The molecule has 8 nitrogen and oxygen atoms in total. The van der Waals surface area contributed by atoms with E-state index in [0.29, 0.717) is 35.2 Å². The van der Waals surface area contributed by atoms with Crippen molar-refractivity contribution in [2.45, 2.75) is 44.0 Å². The summed E-state index contributed by atoms with van der Waals surface area (Å²) in [6.45, 7) is 12.1. The molecule has 11 heteroatoms. The van der Waals surface area contributed by atoms with Crippen LogP contribution in [0.15, 0.2) is 50.8 Å². The van der Waals surface area contributed by atoms with Gasteiger partial charge in [0.2, 0.25) is 0 Å². The Hall–Kier alpha value is -1.66. The first kappa shape index (κ1) is 27.9. The summed E-state index contributed by atoms with van der Waals surface area (Å²) < 4.78 is 14.0. The van der Waals surface area contributed by atoms with Gasteiger partial charge in [0.05, 0.1) is 35.8 Å². The minimum Gasteiger partial charge on any atom is -0.349 e. The molecule has 0 unspecified atom stereocenters. The predicted octanol–water partition coefficient (Wildman–Crippen LogP) is 5.07. The van der Waals surface area contributed by atoms with Gasteiger partial charge in [0, 0.05) is 47.1 Å². The van der Waals surface area contributed by atoms with Crippen molar-refractivity contribution in [3.05, 3.63) is 62.1 Å². The SMILES string of the molecule is CCSc1ccc(Cl)cc1Nn1cnc2cc(CN3CCN(C4COC(C)(C)OC4)CC3)c(Br)cc2c1=O. The average Bonchev–Trinajstić information content (AvgIpc) is 2.89. The molecule has 0 spiro atoms. The molecule has 0 amide bonds. The monoisotopic (exact) mass is 621 g/mol. The maximum Gasteiger partial charge on any atom is 0.280 e. The molecule has 2 aliphatic heterocycles. The van der Waals surface area contributed by atoms with E-state index in [1.54, 1.807) is 11.8 Å². The molecule has 204 valence electrons. The molecule has 0 bridgehead atoms. The van der Waals surface area contributed by atoms with Crippen molar-refractivity contribution < 1.29 is 9.47 Å². The number of hydrogen-bond donors (Lipinski definition) is 1. The largest absolute Gasteiger partial charge is 0.349 e. The zero-order valence-corrected chi connectivity index (χ0v) is 25.0. The van der Waals surface area contributed by atoms with Crippen molar-refractivity contribution in [3.8, 4) is 0 Å². The average molecular weight is 623 g/mol. The van der Waals surface area contributed by atoms with Gasteiger partial charge in [0.25, 0.3) is 5.56 Å². The van der Waals surface area contributed by atoms with Crippen LogP contribution in [-0.4, -0.2) is 76.4 Å². The van der Waals surface area contributed by atoms with Gasteiger partial charge in [-0.05, 0) is 55.5 Å². The molecule has 1 N–H and O–H groups in total. The van der Waals surface area contributed by atoms with Crippen LogP contribution in [0.3, 0.4) is 0 Å². The fourth-order valence-corrected chi connectivity index (χ4v) is 6.18. The molecule has 3 aromatic rings. The summed E-state index contributed by atoms with van der Waals surface area (Å²) in [6.07, 6.45) is 1.54. The number of nitrogens with zero attached hydrogens (tertiary/aromatic N) is 4. The minimum atomic E-state index is -0.486. The summed E-state index contributed by atoms with van der Waals surface area (Å²) in [5.74, 6) is 0.425. The van der Waals surface area contributed by atoms with Crippen molar-refractivity contribution in [3.63, 3.8) is 0 Å². The first-order chi connectivity index (χ1) is 18.2. The first-order valence-corrected chi connectivity index (χ1v) is 15.0. The van der Waals surface area contributed by atoms with E-state index in [4.69, 9.17) is 21.1 Å². The number of piperazine rings is 1. The lowest BCUT2D eigenvalue weighted by Crippen LogP contribution is -2.56. The number of hydrogen-bond acceptors (Lipinski definition) is 8. The van der Waals surface area contributed by atoms with E-state index in [9.17, 15) is 4.79 Å². The van der Waals surface area contributed by atoms with Gasteiger partial charge in [-0.15, -0.1) is 11.8 Å². The number of rotatable bonds is 7. The quantitative estimate of drug-likeness (QED) is 0.367. The number of benzene rings is 2. The van der Waals surface area contributed by atoms with E-state index >= 15 is 0 Å². The summed E-state index contributed by atoms with van der Waals surface area (Å²) >= 11 is 11.6. The maximum atomic E-state index is 13.3. The smallest absolute Gasteiger partial charge is 0.280 e. The Morgan fingerprint density at radius 2 is 1.89 bits per heavy atom. The van der Waals surface area contributed by atoms with Gasteiger partial charge in [-0.2, -0.15) is 0 Å². The number of nitrogens with one attached hydrogen (secondary N) is 1. The second-order valence-electron chi connectivity index (χ2n) is 10.1. The predicted molar refractivity (Wildman–Crippen MR) is 157 cm³/mol. The fraction of sp³-hybridized carbons (Fsp3) is 0.481. The molecule has 5 rings (SSSR count). The van der Waals surface area contributed by atoms with E-state index < -0.39 is 5.79 Å². The van der Waals surface area contributed by atoms with Crippen molar-refractivity contribution in [1.82, 2.24) is 19.5 Å². The third kappa shape index (κ3) is 6.38. The molecule has 2 fully saturated rings. The standard InChI is InChI=1S/C27H33BrClN5O3S/c1-4-38-25-6-5-19(29)12-24(25)31-34-17-30-23-11-18(22(28)13-21(23)26(34)35)14-32-7-9-33(10-8-32)20-15-36-27(2,3)37-16-20/h5-6,11-13,17,20,31H,4,7-10,14-16H2,1-3H3. The van der Waals surface area contributed by atoms with Crippen LogP contribution in [0, 0.1) is 0 Å².